The lowest BCUT2D eigenvalue weighted by molar-refractivity contribution is 0.00578. The lowest BCUT2D eigenvalue weighted by atomic mass is 9.84. The van der Waals surface area contributed by atoms with Crippen LogP contribution in [0.5, 0.6) is 0 Å². The molecule has 22 heavy (non-hydrogen) atoms. The molecule has 120 valence electrons. The van der Waals surface area contributed by atoms with Crippen LogP contribution in [-0.2, 0) is 15.9 Å². The van der Waals surface area contributed by atoms with Crippen molar-refractivity contribution in [3.05, 3.63) is 35.8 Å². The zero-order valence-electron chi connectivity index (χ0n) is 14.2. The fraction of sp³-hybridized carbons (Fsp3) is 0.562. The summed E-state index contributed by atoms with van der Waals surface area (Å²) in [6.45, 7) is 15.7. The van der Waals surface area contributed by atoms with Gasteiger partial charge in [-0.25, -0.2) is 4.39 Å². The van der Waals surface area contributed by atoms with Crippen LogP contribution < -0.4 is 0 Å². The van der Waals surface area contributed by atoms with E-state index in [1.807, 2.05) is 34.6 Å². The minimum Gasteiger partial charge on any atom is -0.398 e. The van der Waals surface area contributed by atoms with Crippen LogP contribution in [0.2, 0.25) is 0 Å². The van der Waals surface area contributed by atoms with Crippen molar-refractivity contribution in [2.45, 2.75) is 59.3 Å². The zero-order valence-corrected chi connectivity index (χ0v) is 14.2. The van der Waals surface area contributed by atoms with Crippen LogP contribution in [0.15, 0.2) is 30.3 Å². The van der Waals surface area contributed by atoms with Gasteiger partial charge in [0, 0.05) is 11.8 Å². The van der Waals surface area contributed by atoms with Gasteiger partial charge in [0.2, 0.25) is 0 Å². The van der Waals surface area contributed by atoms with E-state index in [-0.39, 0.29) is 0 Å². The van der Waals surface area contributed by atoms with Gasteiger partial charge in [-0.05, 0) is 47.1 Å². The lowest BCUT2D eigenvalue weighted by Gasteiger charge is -2.32. The topological polar surface area (TPSA) is 36.3 Å². The Morgan fingerprint density at radius 1 is 1.27 bits per heavy atom. The van der Waals surface area contributed by atoms with Crippen LogP contribution in [0.4, 0.5) is 4.39 Å². The normalized spacial score (nSPS) is 21.0. The molecule has 1 aliphatic heterocycles. The first-order valence-electron chi connectivity index (χ1n) is 7.42. The molecule has 0 atom stereocenters. The molecule has 4 nitrogen and oxygen atoms in total. The standard InChI is InChI=1S/C16H24BFN2O2/c1-11(2)9-20-10-13(8-19-20)12(3)14(18)17-21-15(4,5)16(6,7)22-17/h8,10H,1,9H2,2-7H3. The second-order valence-electron chi connectivity index (χ2n) is 6.94. The Labute approximate surface area is 132 Å². The number of halogens is 1. The van der Waals surface area contributed by atoms with Gasteiger partial charge >= 0.3 is 7.12 Å². The van der Waals surface area contributed by atoms with E-state index in [1.54, 1.807) is 24.0 Å². The monoisotopic (exact) mass is 306 g/mol. The van der Waals surface area contributed by atoms with E-state index >= 15 is 0 Å². The Morgan fingerprint density at radius 3 is 2.32 bits per heavy atom. The molecule has 1 aliphatic rings. The van der Waals surface area contributed by atoms with Crippen molar-refractivity contribution in [3.63, 3.8) is 0 Å². The largest absolute Gasteiger partial charge is 0.525 e. The first-order valence-corrected chi connectivity index (χ1v) is 7.42. The summed E-state index contributed by atoms with van der Waals surface area (Å²) >= 11 is 0. The predicted molar refractivity (Wildman–Crippen MR) is 86.8 cm³/mol. The molecule has 1 aromatic rings. The van der Waals surface area contributed by atoms with Gasteiger partial charge in [0.15, 0.2) is 0 Å². The van der Waals surface area contributed by atoms with Crippen molar-refractivity contribution in [3.8, 4) is 0 Å². The van der Waals surface area contributed by atoms with E-state index < -0.39 is 24.0 Å². The first kappa shape index (κ1) is 17.0. The number of hydrogen-bond acceptors (Lipinski definition) is 3. The second-order valence-corrected chi connectivity index (χ2v) is 6.94. The highest BCUT2D eigenvalue weighted by molar-refractivity contribution is 6.55. The van der Waals surface area contributed by atoms with Crippen LogP contribution in [-0.4, -0.2) is 28.1 Å². The number of nitrogens with zero attached hydrogens (tertiary/aromatic N) is 2. The van der Waals surface area contributed by atoms with Gasteiger partial charge in [0.05, 0.1) is 23.9 Å². The second kappa shape index (κ2) is 5.67. The van der Waals surface area contributed by atoms with Crippen LogP contribution in [0.25, 0.3) is 5.57 Å². The molecule has 1 fully saturated rings. The van der Waals surface area contributed by atoms with Gasteiger partial charge in [-0.15, -0.1) is 0 Å². The molecule has 2 rings (SSSR count). The lowest BCUT2D eigenvalue weighted by Crippen LogP contribution is -2.41. The van der Waals surface area contributed by atoms with Crippen LogP contribution in [0.3, 0.4) is 0 Å². The molecule has 2 heterocycles. The molecule has 0 bridgehead atoms. The SMILES string of the molecule is C=C(C)Cn1cc(C(C)=C(F)B2OC(C)(C)C(C)(C)O2)cn1. The van der Waals surface area contributed by atoms with E-state index in [0.29, 0.717) is 17.7 Å². The highest BCUT2D eigenvalue weighted by atomic mass is 19.1. The average molecular weight is 306 g/mol. The van der Waals surface area contributed by atoms with Crippen molar-refractivity contribution >= 4 is 12.7 Å². The van der Waals surface area contributed by atoms with Gasteiger partial charge in [0.1, 0.15) is 5.73 Å². The van der Waals surface area contributed by atoms with Crippen molar-refractivity contribution in [1.29, 1.82) is 0 Å². The number of aromatic nitrogens is 2. The summed E-state index contributed by atoms with van der Waals surface area (Å²) in [4.78, 5) is 0. The summed E-state index contributed by atoms with van der Waals surface area (Å²) in [5.41, 5.74) is 0.662. The van der Waals surface area contributed by atoms with Gasteiger partial charge in [0.25, 0.3) is 0 Å². The summed E-state index contributed by atoms with van der Waals surface area (Å²) in [5, 5.41) is 4.22. The van der Waals surface area contributed by atoms with Crippen molar-refractivity contribution in [2.75, 3.05) is 0 Å². The molecule has 0 aromatic carbocycles. The molecular formula is C16H24BFN2O2. The molecule has 0 amide bonds. The first-order chi connectivity index (χ1) is 10.0. The van der Waals surface area contributed by atoms with E-state index in [1.165, 1.54) is 0 Å². The number of rotatable bonds is 4. The summed E-state index contributed by atoms with van der Waals surface area (Å²) in [6.07, 6.45) is 3.44. The smallest absolute Gasteiger partial charge is 0.398 e. The third-order valence-electron chi connectivity index (χ3n) is 4.32. The van der Waals surface area contributed by atoms with Crippen molar-refractivity contribution in [1.82, 2.24) is 9.78 Å². The maximum absolute atomic E-state index is 14.7. The van der Waals surface area contributed by atoms with Gasteiger partial charge in [-0.1, -0.05) is 12.2 Å². The van der Waals surface area contributed by atoms with Crippen LogP contribution in [0.1, 0.15) is 47.1 Å². The maximum atomic E-state index is 14.7. The number of allylic oxidation sites excluding steroid dienone is 2. The Kier molecular flexibility index (Phi) is 4.37. The number of hydrogen-bond donors (Lipinski definition) is 0. The van der Waals surface area contributed by atoms with Crippen LogP contribution in [0, 0.1) is 0 Å². The zero-order chi connectivity index (χ0) is 16.7. The summed E-state index contributed by atoms with van der Waals surface area (Å²) in [7, 11) is -0.977. The molecule has 0 spiro atoms. The molecule has 1 aromatic heterocycles. The fourth-order valence-electron chi connectivity index (χ4n) is 2.18. The van der Waals surface area contributed by atoms with E-state index in [0.717, 1.165) is 5.57 Å². The van der Waals surface area contributed by atoms with Gasteiger partial charge in [-0.3, -0.25) is 4.68 Å². The molecule has 0 unspecified atom stereocenters. The minimum absolute atomic E-state index is 0.409. The molecule has 0 radical (unpaired) electrons. The molecule has 1 saturated heterocycles. The predicted octanol–water partition coefficient (Wildman–Crippen LogP) is 3.79. The maximum Gasteiger partial charge on any atom is 0.525 e. The average Bonchev–Trinajstić information content (AvgIpc) is 2.90. The fourth-order valence-corrected chi connectivity index (χ4v) is 2.18. The van der Waals surface area contributed by atoms with Crippen molar-refractivity contribution < 1.29 is 13.7 Å². The van der Waals surface area contributed by atoms with Gasteiger partial charge < -0.3 is 9.31 Å². The highest BCUT2D eigenvalue weighted by Gasteiger charge is 2.53. The summed E-state index contributed by atoms with van der Waals surface area (Å²) in [5.74, 6) is 0. The van der Waals surface area contributed by atoms with Crippen LogP contribution >= 0.6 is 0 Å². The molecule has 6 heteroatoms. The molecule has 0 aliphatic carbocycles. The molecular weight excluding hydrogens is 282 g/mol. The Morgan fingerprint density at radius 2 is 1.82 bits per heavy atom. The highest BCUT2D eigenvalue weighted by Crippen LogP contribution is 2.40. The van der Waals surface area contributed by atoms with Gasteiger partial charge in [-0.2, -0.15) is 5.10 Å². The summed E-state index contributed by atoms with van der Waals surface area (Å²) in [6, 6.07) is 0. The quantitative estimate of drug-likeness (QED) is 0.627. The van der Waals surface area contributed by atoms with E-state index in [2.05, 4.69) is 11.7 Å². The minimum atomic E-state index is -0.977. The Bertz CT molecular complexity index is 603. The Balaban J connectivity index is 2.23. The summed E-state index contributed by atoms with van der Waals surface area (Å²) < 4.78 is 27.9. The molecule has 0 N–H and O–H groups in total. The Hall–Kier alpha value is -1.40. The third kappa shape index (κ3) is 3.18. The van der Waals surface area contributed by atoms with Crippen molar-refractivity contribution in [2.24, 2.45) is 0 Å². The molecule has 0 saturated carbocycles. The third-order valence-corrected chi connectivity index (χ3v) is 4.32. The van der Waals surface area contributed by atoms with E-state index in [4.69, 9.17) is 9.31 Å². The van der Waals surface area contributed by atoms with E-state index in [9.17, 15) is 4.39 Å².